The Kier molecular flexibility index (Phi) is 5.24. The number of anilines is 1. The van der Waals surface area contributed by atoms with Crippen LogP contribution in [0.2, 0.25) is 0 Å². The normalized spacial score (nSPS) is 10.5. The molecule has 0 aliphatic rings. The van der Waals surface area contributed by atoms with Gasteiger partial charge in [-0.1, -0.05) is 11.6 Å². The molecular weight excluding hydrogens is 306 g/mol. The Bertz CT molecular complexity index is 779. The van der Waals surface area contributed by atoms with Crippen LogP contribution in [0.1, 0.15) is 45.7 Å². The summed E-state index contributed by atoms with van der Waals surface area (Å²) in [5.41, 5.74) is 1.67. The first kappa shape index (κ1) is 17.5. The zero-order chi connectivity index (χ0) is 17.9. The van der Waals surface area contributed by atoms with E-state index in [1.165, 1.54) is 24.3 Å². The third-order valence-electron chi connectivity index (χ3n) is 4.00. The summed E-state index contributed by atoms with van der Waals surface area (Å²) in [5.74, 6) is -1.82. The standard InChI is InChI=1S/C19H21NO4/c1-4-20(5-2)13-7-9-15(17(21)11-13)18(22)14-8-6-12(3)10-16(14)19(23)24/h6-11,21H,4-5H2,1-3H3,(H,23,24). The smallest absolute Gasteiger partial charge is 0.336 e. The lowest BCUT2D eigenvalue weighted by Gasteiger charge is -2.21. The number of aromatic hydroxyl groups is 1. The molecule has 2 N–H and O–H groups in total. The number of hydrogen-bond donors (Lipinski definition) is 2. The van der Waals surface area contributed by atoms with Crippen LogP contribution in [0.15, 0.2) is 36.4 Å². The zero-order valence-corrected chi connectivity index (χ0v) is 14.0. The van der Waals surface area contributed by atoms with Gasteiger partial charge in [0.05, 0.1) is 11.1 Å². The summed E-state index contributed by atoms with van der Waals surface area (Å²) in [7, 11) is 0. The Hall–Kier alpha value is -2.82. The highest BCUT2D eigenvalue weighted by Crippen LogP contribution is 2.28. The average molecular weight is 327 g/mol. The SMILES string of the molecule is CCN(CC)c1ccc(C(=O)c2ccc(C)cc2C(=O)O)c(O)c1. The second-order valence-corrected chi connectivity index (χ2v) is 5.56. The van der Waals surface area contributed by atoms with E-state index >= 15 is 0 Å². The van der Waals surface area contributed by atoms with Gasteiger partial charge in [-0.15, -0.1) is 0 Å². The molecule has 0 heterocycles. The lowest BCUT2D eigenvalue weighted by atomic mass is 9.96. The molecule has 0 aliphatic heterocycles. The quantitative estimate of drug-likeness (QED) is 0.794. The Balaban J connectivity index is 2.46. The summed E-state index contributed by atoms with van der Waals surface area (Å²) in [4.78, 5) is 26.1. The molecular formula is C19H21NO4. The third kappa shape index (κ3) is 3.40. The van der Waals surface area contributed by atoms with Crippen molar-refractivity contribution in [1.29, 1.82) is 0 Å². The molecule has 24 heavy (non-hydrogen) atoms. The predicted octanol–water partition coefficient (Wildman–Crippen LogP) is 3.48. The van der Waals surface area contributed by atoms with Crippen LogP contribution in [0.25, 0.3) is 0 Å². The number of aromatic carboxylic acids is 1. The van der Waals surface area contributed by atoms with E-state index in [4.69, 9.17) is 0 Å². The minimum Gasteiger partial charge on any atom is -0.507 e. The van der Waals surface area contributed by atoms with Crippen molar-refractivity contribution >= 4 is 17.4 Å². The number of aryl methyl sites for hydroxylation is 1. The number of ketones is 1. The van der Waals surface area contributed by atoms with Crippen molar-refractivity contribution in [1.82, 2.24) is 0 Å². The number of phenolic OH excluding ortho intramolecular Hbond substituents is 1. The van der Waals surface area contributed by atoms with Crippen LogP contribution in [0.3, 0.4) is 0 Å². The number of carbonyl (C=O) groups is 2. The molecule has 0 unspecified atom stereocenters. The maximum Gasteiger partial charge on any atom is 0.336 e. The summed E-state index contributed by atoms with van der Waals surface area (Å²) >= 11 is 0. The van der Waals surface area contributed by atoms with Crippen molar-refractivity contribution in [3.05, 3.63) is 58.7 Å². The molecule has 5 nitrogen and oxygen atoms in total. The van der Waals surface area contributed by atoms with Crippen molar-refractivity contribution in [3.8, 4) is 5.75 Å². The van der Waals surface area contributed by atoms with E-state index in [-0.39, 0.29) is 22.4 Å². The Morgan fingerprint density at radius 2 is 1.58 bits per heavy atom. The van der Waals surface area contributed by atoms with Crippen molar-refractivity contribution in [2.75, 3.05) is 18.0 Å². The average Bonchev–Trinajstić information content (AvgIpc) is 2.55. The highest BCUT2D eigenvalue weighted by Gasteiger charge is 2.21. The monoisotopic (exact) mass is 327 g/mol. The lowest BCUT2D eigenvalue weighted by Crippen LogP contribution is -2.21. The van der Waals surface area contributed by atoms with Crippen LogP contribution in [0.5, 0.6) is 5.75 Å². The number of nitrogens with zero attached hydrogens (tertiary/aromatic N) is 1. The molecule has 0 fully saturated rings. The molecule has 0 aromatic heterocycles. The highest BCUT2D eigenvalue weighted by atomic mass is 16.4. The van der Waals surface area contributed by atoms with E-state index in [9.17, 15) is 19.8 Å². The number of rotatable bonds is 6. The summed E-state index contributed by atoms with van der Waals surface area (Å²) in [5, 5.41) is 19.6. The number of carbonyl (C=O) groups excluding carboxylic acids is 1. The maximum atomic E-state index is 12.7. The highest BCUT2D eigenvalue weighted by molar-refractivity contribution is 6.15. The fourth-order valence-electron chi connectivity index (χ4n) is 2.68. The first-order valence-corrected chi connectivity index (χ1v) is 7.85. The number of benzene rings is 2. The molecule has 0 atom stereocenters. The van der Waals surface area contributed by atoms with Gasteiger partial charge in [-0.05, 0) is 45.0 Å². The van der Waals surface area contributed by atoms with Crippen LogP contribution in [-0.4, -0.2) is 35.1 Å². The van der Waals surface area contributed by atoms with Crippen LogP contribution in [-0.2, 0) is 0 Å². The minimum atomic E-state index is -1.17. The summed E-state index contributed by atoms with van der Waals surface area (Å²) in [6.07, 6.45) is 0. The third-order valence-corrected chi connectivity index (χ3v) is 4.00. The van der Waals surface area contributed by atoms with Gasteiger partial charge in [0.15, 0.2) is 5.78 Å². The van der Waals surface area contributed by atoms with E-state index in [0.717, 1.165) is 24.3 Å². The number of carboxylic acids is 1. The van der Waals surface area contributed by atoms with Gasteiger partial charge >= 0.3 is 5.97 Å². The Labute approximate surface area is 141 Å². The molecule has 0 radical (unpaired) electrons. The van der Waals surface area contributed by atoms with Gasteiger partial charge in [0.2, 0.25) is 0 Å². The largest absolute Gasteiger partial charge is 0.507 e. The lowest BCUT2D eigenvalue weighted by molar-refractivity contribution is 0.0692. The second kappa shape index (κ2) is 7.17. The van der Waals surface area contributed by atoms with Crippen molar-refractivity contribution in [3.63, 3.8) is 0 Å². The van der Waals surface area contributed by atoms with Gasteiger partial charge in [-0.3, -0.25) is 4.79 Å². The van der Waals surface area contributed by atoms with E-state index in [0.29, 0.717) is 0 Å². The molecule has 0 bridgehead atoms. The molecule has 2 aromatic carbocycles. The Morgan fingerprint density at radius 1 is 0.958 bits per heavy atom. The van der Waals surface area contributed by atoms with E-state index in [2.05, 4.69) is 0 Å². The van der Waals surface area contributed by atoms with Gasteiger partial charge in [0, 0.05) is 30.4 Å². The van der Waals surface area contributed by atoms with Gasteiger partial charge in [0.1, 0.15) is 5.75 Å². The fraction of sp³-hybridized carbons (Fsp3) is 0.263. The number of phenols is 1. The summed E-state index contributed by atoms with van der Waals surface area (Å²) in [6.45, 7) is 7.34. The van der Waals surface area contributed by atoms with E-state index < -0.39 is 11.8 Å². The van der Waals surface area contributed by atoms with E-state index in [1.807, 2.05) is 18.7 Å². The van der Waals surface area contributed by atoms with Crippen molar-refractivity contribution in [2.24, 2.45) is 0 Å². The first-order chi connectivity index (χ1) is 11.4. The number of hydrogen-bond acceptors (Lipinski definition) is 4. The molecule has 2 rings (SSSR count). The van der Waals surface area contributed by atoms with Gasteiger partial charge in [-0.2, -0.15) is 0 Å². The van der Waals surface area contributed by atoms with Gasteiger partial charge < -0.3 is 15.1 Å². The second-order valence-electron chi connectivity index (χ2n) is 5.56. The topological polar surface area (TPSA) is 77.8 Å². The maximum absolute atomic E-state index is 12.7. The summed E-state index contributed by atoms with van der Waals surface area (Å²) < 4.78 is 0. The fourth-order valence-corrected chi connectivity index (χ4v) is 2.68. The van der Waals surface area contributed by atoms with Gasteiger partial charge in [0.25, 0.3) is 0 Å². The first-order valence-electron chi connectivity index (χ1n) is 7.85. The minimum absolute atomic E-state index is 0.0628. The van der Waals surface area contributed by atoms with Crippen LogP contribution in [0, 0.1) is 6.92 Å². The van der Waals surface area contributed by atoms with Crippen LogP contribution in [0.4, 0.5) is 5.69 Å². The molecule has 2 aromatic rings. The Morgan fingerprint density at radius 3 is 2.12 bits per heavy atom. The molecule has 0 saturated heterocycles. The van der Waals surface area contributed by atoms with Crippen molar-refractivity contribution < 1.29 is 19.8 Å². The van der Waals surface area contributed by atoms with Crippen LogP contribution >= 0.6 is 0 Å². The molecule has 5 heteroatoms. The predicted molar refractivity (Wildman–Crippen MR) is 93.2 cm³/mol. The van der Waals surface area contributed by atoms with E-state index in [1.54, 1.807) is 19.1 Å². The van der Waals surface area contributed by atoms with Gasteiger partial charge in [-0.25, -0.2) is 4.79 Å². The molecule has 0 saturated carbocycles. The number of carboxylic acid groups (broad SMARTS) is 1. The molecule has 0 aliphatic carbocycles. The zero-order valence-electron chi connectivity index (χ0n) is 14.0. The molecule has 0 spiro atoms. The van der Waals surface area contributed by atoms with Crippen molar-refractivity contribution in [2.45, 2.75) is 20.8 Å². The molecule has 0 amide bonds. The summed E-state index contributed by atoms with van der Waals surface area (Å²) in [6, 6.07) is 9.46. The van der Waals surface area contributed by atoms with Crippen LogP contribution < -0.4 is 4.90 Å². The molecule has 126 valence electrons.